The summed E-state index contributed by atoms with van der Waals surface area (Å²) < 4.78 is 27.0. The molecule has 0 amide bonds. The molecule has 0 spiro atoms. The van der Waals surface area contributed by atoms with Gasteiger partial charge in [-0.05, 0) is 12.8 Å². The number of hydrogen-bond acceptors (Lipinski definition) is 3. The Morgan fingerprint density at radius 1 is 1.24 bits per heavy atom. The van der Waals surface area contributed by atoms with Gasteiger partial charge in [0, 0.05) is 6.04 Å². The number of halogens is 2. The van der Waals surface area contributed by atoms with Crippen molar-refractivity contribution in [2.75, 3.05) is 5.32 Å². The smallest absolute Gasteiger partial charge is 0.275 e. The van der Waals surface area contributed by atoms with Gasteiger partial charge in [0.25, 0.3) is 5.69 Å². The fourth-order valence-electron chi connectivity index (χ4n) is 2.08. The van der Waals surface area contributed by atoms with Crippen LogP contribution in [0.25, 0.3) is 0 Å². The molecule has 6 heteroatoms. The van der Waals surface area contributed by atoms with Crippen LogP contribution in [-0.2, 0) is 0 Å². The molecule has 0 bridgehead atoms. The van der Waals surface area contributed by atoms with E-state index in [0.717, 1.165) is 37.8 Å². The van der Waals surface area contributed by atoms with E-state index in [1.165, 1.54) is 0 Å². The number of benzene rings is 1. The Morgan fingerprint density at radius 2 is 1.76 bits per heavy atom. The van der Waals surface area contributed by atoms with Crippen LogP contribution in [0.15, 0.2) is 12.1 Å². The van der Waals surface area contributed by atoms with E-state index < -0.39 is 22.2 Å². The number of hydrogen-bond donors (Lipinski definition) is 1. The average molecular weight is 242 g/mol. The number of nitro benzene ring substituents is 1. The summed E-state index contributed by atoms with van der Waals surface area (Å²) in [5.41, 5.74) is -0.834. The van der Waals surface area contributed by atoms with Crippen LogP contribution in [0.4, 0.5) is 20.2 Å². The quantitative estimate of drug-likeness (QED) is 0.654. The Balaban J connectivity index is 2.24. The first-order valence-corrected chi connectivity index (χ1v) is 5.48. The van der Waals surface area contributed by atoms with Crippen molar-refractivity contribution >= 4 is 11.4 Å². The molecule has 0 saturated heterocycles. The summed E-state index contributed by atoms with van der Waals surface area (Å²) in [6, 6.07) is 1.53. The molecule has 0 unspecified atom stereocenters. The monoisotopic (exact) mass is 242 g/mol. The molecule has 1 fully saturated rings. The van der Waals surface area contributed by atoms with Crippen molar-refractivity contribution in [3.63, 3.8) is 0 Å². The van der Waals surface area contributed by atoms with E-state index in [1.807, 2.05) is 0 Å². The van der Waals surface area contributed by atoms with E-state index in [0.29, 0.717) is 0 Å². The number of rotatable bonds is 3. The molecule has 0 heterocycles. The van der Waals surface area contributed by atoms with E-state index >= 15 is 0 Å². The highest BCUT2D eigenvalue weighted by Gasteiger charge is 2.21. The number of non-ortho nitro benzene ring substituents is 1. The van der Waals surface area contributed by atoms with Gasteiger partial charge in [-0.2, -0.15) is 0 Å². The second kappa shape index (κ2) is 4.65. The predicted molar refractivity (Wildman–Crippen MR) is 58.9 cm³/mol. The fourth-order valence-corrected chi connectivity index (χ4v) is 2.08. The van der Waals surface area contributed by atoms with Gasteiger partial charge >= 0.3 is 0 Å². The molecule has 1 N–H and O–H groups in total. The van der Waals surface area contributed by atoms with Gasteiger partial charge in [0.15, 0.2) is 11.6 Å². The van der Waals surface area contributed by atoms with Gasteiger partial charge in [0.2, 0.25) is 0 Å². The maximum Gasteiger partial charge on any atom is 0.275 e. The molecular formula is C11H12F2N2O2. The molecule has 92 valence electrons. The number of nitrogens with one attached hydrogen (secondary N) is 1. The van der Waals surface area contributed by atoms with Crippen molar-refractivity contribution in [3.8, 4) is 0 Å². The first kappa shape index (κ1) is 11.8. The molecule has 1 aliphatic rings. The summed E-state index contributed by atoms with van der Waals surface area (Å²) in [5.74, 6) is -1.83. The van der Waals surface area contributed by atoms with Crippen molar-refractivity contribution < 1.29 is 13.7 Å². The standard InChI is InChI=1S/C11H12F2N2O2/c12-9-5-8(15(16)17)6-10(13)11(9)14-7-3-1-2-4-7/h5-7,14H,1-4H2. The molecule has 0 aromatic heterocycles. The molecule has 1 saturated carbocycles. The summed E-state index contributed by atoms with van der Waals surface area (Å²) in [4.78, 5) is 9.60. The molecule has 1 aromatic rings. The minimum atomic E-state index is -0.913. The normalized spacial score (nSPS) is 16.1. The molecule has 4 nitrogen and oxygen atoms in total. The van der Waals surface area contributed by atoms with Gasteiger partial charge < -0.3 is 5.32 Å². The maximum atomic E-state index is 13.5. The Labute approximate surface area is 96.8 Å². The van der Waals surface area contributed by atoms with Crippen LogP contribution in [0.2, 0.25) is 0 Å². The first-order valence-electron chi connectivity index (χ1n) is 5.48. The highest BCUT2D eigenvalue weighted by atomic mass is 19.1. The Bertz CT molecular complexity index is 422. The van der Waals surface area contributed by atoms with Gasteiger partial charge in [0.1, 0.15) is 5.69 Å². The predicted octanol–water partition coefficient (Wildman–Crippen LogP) is 3.23. The number of anilines is 1. The van der Waals surface area contributed by atoms with Crippen LogP contribution in [0.5, 0.6) is 0 Å². The van der Waals surface area contributed by atoms with Gasteiger partial charge in [-0.15, -0.1) is 0 Å². The molecule has 0 atom stereocenters. The molecule has 1 aromatic carbocycles. The second-order valence-corrected chi connectivity index (χ2v) is 4.17. The fraction of sp³-hybridized carbons (Fsp3) is 0.455. The van der Waals surface area contributed by atoms with E-state index in [-0.39, 0.29) is 11.7 Å². The summed E-state index contributed by atoms with van der Waals surface area (Å²) in [6.45, 7) is 0. The van der Waals surface area contributed by atoms with E-state index in [9.17, 15) is 18.9 Å². The lowest BCUT2D eigenvalue weighted by Gasteiger charge is -2.14. The second-order valence-electron chi connectivity index (χ2n) is 4.17. The lowest BCUT2D eigenvalue weighted by molar-refractivity contribution is -0.385. The third-order valence-electron chi connectivity index (χ3n) is 2.94. The van der Waals surface area contributed by atoms with Crippen LogP contribution in [0, 0.1) is 21.7 Å². The van der Waals surface area contributed by atoms with Gasteiger partial charge in [-0.3, -0.25) is 10.1 Å². The molecule has 2 rings (SSSR count). The molecular weight excluding hydrogens is 230 g/mol. The van der Waals surface area contributed by atoms with Crippen LogP contribution in [-0.4, -0.2) is 11.0 Å². The minimum absolute atomic E-state index is 0.0560. The van der Waals surface area contributed by atoms with Crippen molar-refractivity contribution in [1.29, 1.82) is 0 Å². The zero-order valence-corrected chi connectivity index (χ0v) is 9.08. The number of nitrogens with zero attached hydrogens (tertiary/aromatic N) is 1. The van der Waals surface area contributed by atoms with Crippen molar-refractivity contribution in [1.82, 2.24) is 0 Å². The molecule has 0 aliphatic heterocycles. The van der Waals surface area contributed by atoms with E-state index in [1.54, 1.807) is 0 Å². The first-order chi connectivity index (χ1) is 8.08. The highest BCUT2D eigenvalue weighted by Crippen LogP contribution is 2.28. The Hall–Kier alpha value is -1.72. The third-order valence-corrected chi connectivity index (χ3v) is 2.94. The number of nitro groups is 1. The van der Waals surface area contributed by atoms with Crippen LogP contribution in [0.1, 0.15) is 25.7 Å². The van der Waals surface area contributed by atoms with Crippen LogP contribution in [0.3, 0.4) is 0 Å². The van der Waals surface area contributed by atoms with Gasteiger partial charge in [0.05, 0.1) is 17.1 Å². The maximum absolute atomic E-state index is 13.5. The minimum Gasteiger partial charge on any atom is -0.378 e. The van der Waals surface area contributed by atoms with Crippen LogP contribution >= 0.6 is 0 Å². The average Bonchev–Trinajstić information content (AvgIpc) is 2.75. The lowest BCUT2D eigenvalue weighted by Crippen LogP contribution is -2.16. The topological polar surface area (TPSA) is 55.2 Å². The van der Waals surface area contributed by atoms with Crippen molar-refractivity contribution in [2.24, 2.45) is 0 Å². The summed E-state index contributed by atoms with van der Waals surface area (Å²) in [7, 11) is 0. The Kier molecular flexibility index (Phi) is 3.21. The SMILES string of the molecule is O=[N+]([O-])c1cc(F)c(NC2CCCC2)c(F)c1. The zero-order chi connectivity index (χ0) is 12.4. The van der Waals surface area contributed by atoms with Gasteiger partial charge in [-0.25, -0.2) is 8.78 Å². The van der Waals surface area contributed by atoms with Crippen molar-refractivity contribution in [3.05, 3.63) is 33.9 Å². The summed E-state index contributed by atoms with van der Waals surface area (Å²) in [6.07, 6.45) is 3.81. The molecule has 0 radical (unpaired) electrons. The van der Waals surface area contributed by atoms with Crippen molar-refractivity contribution in [2.45, 2.75) is 31.7 Å². The lowest BCUT2D eigenvalue weighted by atomic mass is 10.2. The van der Waals surface area contributed by atoms with E-state index in [2.05, 4.69) is 5.32 Å². The summed E-state index contributed by atoms with van der Waals surface area (Å²) in [5, 5.41) is 13.2. The molecule has 1 aliphatic carbocycles. The largest absolute Gasteiger partial charge is 0.378 e. The summed E-state index contributed by atoms with van der Waals surface area (Å²) >= 11 is 0. The molecule has 17 heavy (non-hydrogen) atoms. The zero-order valence-electron chi connectivity index (χ0n) is 9.08. The Morgan fingerprint density at radius 3 is 2.24 bits per heavy atom. The third kappa shape index (κ3) is 2.51. The van der Waals surface area contributed by atoms with Gasteiger partial charge in [-0.1, -0.05) is 12.8 Å². The van der Waals surface area contributed by atoms with E-state index in [4.69, 9.17) is 0 Å². The highest BCUT2D eigenvalue weighted by molar-refractivity contribution is 5.52. The van der Waals surface area contributed by atoms with Crippen LogP contribution < -0.4 is 5.32 Å².